The maximum Gasteiger partial charge on any atom is 0.227 e. The highest BCUT2D eigenvalue weighted by Crippen LogP contribution is 2.30. The number of nitrogens with zero attached hydrogens (tertiary/aromatic N) is 1. The molecule has 4 aromatic rings. The molecule has 23 heavy (non-hydrogen) atoms. The number of hydrogen-bond acceptors (Lipinski definition) is 4. The van der Waals surface area contributed by atoms with Crippen LogP contribution in [0.3, 0.4) is 0 Å². The molecular formula is C19H13NO3. The van der Waals surface area contributed by atoms with Gasteiger partial charge in [0.1, 0.15) is 11.3 Å². The van der Waals surface area contributed by atoms with Crippen molar-refractivity contribution in [2.75, 3.05) is 0 Å². The van der Waals surface area contributed by atoms with Gasteiger partial charge in [0, 0.05) is 11.1 Å². The normalized spacial score (nSPS) is 11.0. The molecule has 0 amide bonds. The van der Waals surface area contributed by atoms with E-state index in [9.17, 15) is 4.79 Å². The van der Waals surface area contributed by atoms with Crippen LogP contribution in [0, 0.1) is 6.92 Å². The zero-order valence-corrected chi connectivity index (χ0v) is 12.4. The summed E-state index contributed by atoms with van der Waals surface area (Å²) in [5.41, 5.74) is 4.41. The molecule has 4 rings (SSSR count). The summed E-state index contributed by atoms with van der Waals surface area (Å²) in [4.78, 5) is 15.3. The zero-order valence-electron chi connectivity index (χ0n) is 12.4. The van der Waals surface area contributed by atoms with Gasteiger partial charge in [-0.1, -0.05) is 18.2 Å². The molecule has 2 aromatic heterocycles. The standard InChI is InChI=1S/C19H13NO3/c1-12-4-2-3-5-15(12)19-20-16-8-6-13(10-18(16)23-19)17-9-7-14(11-21)22-17/h2-11H,1H3. The molecule has 4 nitrogen and oxygen atoms in total. The molecular weight excluding hydrogens is 290 g/mol. The number of benzene rings is 2. The van der Waals surface area contributed by atoms with Gasteiger partial charge in [0.2, 0.25) is 5.89 Å². The third kappa shape index (κ3) is 2.34. The molecule has 112 valence electrons. The van der Waals surface area contributed by atoms with E-state index in [1.54, 1.807) is 12.1 Å². The minimum atomic E-state index is 0.304. The van der Waals surface area contributed by atoms with Gasteiger partial charge in [-0.2, -0.15) is 0 Å². The average molecular weight is 303 g/mol. The highest BCUT2D eigenvalue weighted by Gasteiger charge is 2.12. The second kappa shape index (κ2) is 5.25. The van der Waals surface area contributed by atoms with Crippen LogP contribution in [-0.4, -0.2) is 11.3 Å². The Morgan fingerprint density at radius 1 is 1.00 bits per heavy atom. The maximum absolute atomic E-state index is 10.7. The second-order valence-electron chi connectivity index (χ2n) is 5.34. The Hall–Kier alpha value is -3.14. The molecule has 0 saturated heterocycles. The molecule has 4 heteroatoms. The Morgan fingerprint density at radius 3 is 2.65 bits per heavy atom. The molecule has 2 heterocycles. The van der Waals surface area contributed by atoms with Gasteiger partial charge in [-0.05, 0) is 48.9 Å². The number of carbonyl (C=O) groups excluding carboxylic acids is 1. The number of hydrogen-bond donors (Lipinski definition) is 0. The SMILES string of the molecule is Cc1ccccc1-c1nc2ccc(-c3ccc(C=O)o3)cc2o1. The van der Waals surface area contributed by atoms with Crippen molar-refractivity contribution >= 4 is 17.4 Å². The zero-order chi connectivity index (χ0) is 15.8. The number of aryl methyl sites for hydroxylation is 1. The second-order valence-corrected chi connectivity index (χ2v) is 5.34. The summed E-state index contributed by atoms with van der Waals surface area (Å²) in [5, 5.41) is 0. The molecule has 0 aliphatic rings. The van der Waals surface area contributed by atoms with Crippen molar-refractivity contribution in [2.24, 2.45) is 0 Å². The van der Waals surface area contributed by atoms with Gasteiger partial charge in [0.05, 0.1) is 0 Å². The summed E-state index contributed by atoms with van der Waals surface area (Å²) in [6, 6.07) is 17.0. The lowest BCUT2D eigenvalue weighted by Crippen LogP contribution is -1.81. The van der Waals surface area contributed by atoms with Crippen molar-refractivity contribution in [3.05, 3.63) is 65.9 Å². The van der Waals surface area contributed by atoms with Crippen LogP contribution in [0.4, 0.5) is 0 Å². The van der Waals surface area contributed by atoms with Crippen LogP contribution in [0.1, 0.15) is 16.1 Å². The molecule has 2 aromatic carbocycles. The third-order valence-corrected chi connectivity index (χ3v) is 3.79. The predicted molar refractivity (Wildman–Crippen MR) is 87.3 cm³/mol. The van der Waals surface area contributed by atoms with Gasteiger partial charge >= 0.3 is 0 Å². The van der Waals surface area contributed by atoms with Gasteiger partial charge in [-0.25, -0.2) is 4.98 Å². The topological polar surface area (TPSA) is 56.2 Å². The molecule has 0 saturated carbocycles. The van der Waals surface area contributed by atoms with Crippen LogP contribution in [0.5, 0.6) is 0 Å². The Labute approximate surface area is 132 Å². The Kier molecular flexibility index (Phi) is 3.08. The van der Waals surface area contributed by atoms with E-state index in [0.717, 1.165) is 22.2 Å². The van der Waals surface area contributed by atoms with Gasteiger partial charge in [-0.3, -0.25) is 4.79 Å². The number of carbonyl (C=O) groups is 1. The minimum Gasteiger partial charge on any atom is -0.453 e. The molecule has 0 aliphatic carbocycles. The number of furan rings is 1. The lowest BCUT2D eigenvalue weighted by Gasteiger charge is -1.98. The van der Waals surface area contributed by atoms with Gasteiger partial charge in [0.15, 0.2) is 17.6 Å². The highest BCUT2D eigenvalue weighted by atomic mass is 16.4. The van der Waals surface area contributed by atoms with Crippen LogP contribution in [0.15, 0.2) is 63.4 Å². The summed E-state index contributed by atoms with van der Waals surface area (Å²) >= 11 is 0. The van der Waals surface area contributed by atoms with E-state index < -0.39 is 0 Å². The molecule has 0 atom stereocenters. The van der Waals surface area contributed by atoms with Crippen molar-refractivity contribution in [1.29, 1.82) is 0 Å². The fraction of sp³-hybridized carbons (Fsp3) is 0.0526. The fourth-order valence-electron chi connectivity index (χ4n) is 2.58. The van der Waals surface area contributed by atoms with E-state index in [4.69, 9.17) is 8.83 Å². The first-order chi connectivity index (χ1) is 11.2. The molecule has 0 spiro atoms. The highest BCUT2D eigenvalue weighted by molar-refractivity contribution is 5.82. The lowest BCUT2D eigenvalue weighted by atomic mass is 10.1. The van der Waals surface area contributed by atoms with Crippen LogP contribution >= 0.6 is 0 Å². The summed E-state index contributed by atoms with van der Waals surface area (Å²) < 4.78 is 11.4. The van der Waals surface area contributed by atoms with E-state index in [1.807, 2.05) is 49.4 Å². The van der Waals surface area contributed by atoms with Crippen LogP contribution in [-0.2, 0) is 0 Å². The third-order valence-electron chi connectivity index (χ3n) is 3.79. The van der Waals surface area contributed by atoms with Crippen molar-refractivity contribution < 1.29 is 13.6 Å². The average Bonchev–Trinajstić information content (AvgIpc) is 3.21. The minimum absolute atomic E-state index is 0.304. The number of aldehydes is 1. The lowest BCUT2D eigenvalue weighted by molar-refractivity contribution is 0.110. The molecule has 0 aliphatic heterocycles. The van der Waals surface area contributed by atoms with Crippen molar-refractivity contribution in [3.63, 3.8) is 0 Å². The number of rotatable bonds is 3. The first kappa shape index (κ1) is 13.5. The van der Waals surface area contributed by atoms with E-state index in [-0.39, 0.29) is 0 Å². The fourth-order valence-corrected chi connectivity index (χ4v) is 2.58. The van der Waals surface area contributed by atoms with E-state index in [0.29, 0.717) is 29.3 Å². The van der Waals surface area contributed by atoms with Gasteiger partial charge < -0.3 is 8.83 Å². The van der Waals surface area contributed by atoms with Crippen molar-refractivity contribution in [3.8, 4) is 22.8 Å². The van der Waals surface area contributed by atoms with Crippen molar-refractivity contribution in [2.45, 2.75) is 6.92 Å². The van der Waals surface area contributed by atoms with Crippen LogP contribution in [0.25, 0.3) is 33.9 Å². The van der Waals surface area contributed by atoms with Crippen molar-refractivity contribution in [1.82, 2.24) is 4.98 Å². The first-order valence-corrected chi connectivity index (χ1v) is 7.26. The van der Waals surface area contributed by atoms with E-state index in [2.05, 4.69) is 4.98 Å². The summed E-state index contributed by atoms with van der Waals surface area (Å²) in [6.07, 6.45) is 0.687. The van der Waals surface area contributed by atoms with E-state index in [1.165, 1.54) is 0 Å². The monoisotopic (exact) mass is 303 g/mol. The quantitative estimate of drug-likeness (QED) is 0.506. The smallest absolute Gasteiger partial charge is 0.227 e. The predicted octanol–water partition coefficient (Wildman–Crippen LogP) is 4.88. The van der Waals surface area contributed by atoms with Crippen LogP contribution < -0.4 is 0 Å². The number of fused-ring (bicyclic) bond motifs is 1. The molecule has 0 fully saturated rings. The Balaban J connectivity index is 1.81. The molecule has 0 bridgehead atoms. The summed E-state index contributed by atoms with van der Waals surface area (Å²) in [7, 11) is 0. The van der Waals surface area contributed by atoms with Crippen LogP contribution in [0.2, 0.25) is 0 Å². The molecule has 0 radical (unpaired) electrons. The Bertz CT molecular complexity index is 1010. The number of aromatic nitrogens is 1. The van der Waals surface area contributed by atoms with E-state index >= 15 is 0 Å². The summed E-state index contributed by atoms with van der Waals surface area (Å²) in [5.74, 6) is 1.53. The maximum atomic E-state index is 10.7. The number of oxazole rings is 1. The molecule has 0 N–H and O–H groups in total. The summed E-state index contributed by atoms with van der Waals surface area (Å²) in [6.45, 7) is 2.03. The van der Waals surface area contributed by atoms with Gasteiger partial charge in [0.25, 0.3) is 0 Å². The molecule has 0 unspecified atom stereocenters. The Morgan fingerprint density at radius 2 is 1.87 bits per heavy atom. The first-order valence-electron chi connectivity index (χ1n) is 7.26. The van der Waals surface area contributed by atoms with Gasteiger partial charge in [-0.15, -0.1) is 0 Å². The largest absolute Gasteiger partial charge is 0.453 e.